The van der Waals surface area contributed by atoms with Crippen molar-refractivity contribution in [1.82, 2.24) is 9.97 Å². The lowest BCUT2D eigenvalue weighted by molar-refractivity contribution is -0.0682. The minimum Gasteiger partial charge on any atom is -0.497 e. The standard InChI is InChI=1S/C26H25F3N4O3/c1-35-15-10-18(28)24(19(29)11-15)25-17(27)4-5-20(32-25)26(34)33-21-12-31-7-6-16(21)23-9-14(30)8-22(36-23)13-2-3-13/h4-7,10-14,22-23H,2-3,8-9,30H2,1H3,(H,33,34). The van der Waals surface area contributed by atoms with Crippen LogP contribution < -0.4 is 15.8 Å². The maximum absolute atomic E-state index is 14.6. The molecule has 1 saturated heterocycles. The second-order valence-corrected chi connectivity index (χ2v) is 9.14. The van der Waals surface area contributed by atoms with Crippen molar-refractivity contribution in [3.63, 3.8) is 0 Å². The second-order valence-electron chi connectivity index (χ2n) is 9.14. The van der Waals surface area contributed by atoms with Gasteiger partial charge in [-0.05, 0) is 49.8 Å². The zero-order valence-electron chi connectivity index (χ0n) is 19.5. The van der Waals surface area contributed by atoms with E-state index in [0.717, 1.165) is 43.5 Å². The van der Waals surface area contributed by atoms with Gasteiger partial charge in [-0.15, -0.1) is 0 Å². The van der Waals surface area contributed by atoms with Gasteiger partial charge in [0.15, 0.2) is 0 Å². The van der Waals surface area contributed by atoms with E-state index in [4.69, 9.17) is 15.2 Å². The first-order valence-corrected chi connectivity index (χ1v) is 11.7. The summed E-state index contributed by atoms with van der Waals surface area (Å²) >= 11 is 0. The topological polar surface area (TPSA) is 99.4 Å². The molecule has 3 unspecified atom stereocenters. The van der Waals surface area contributed by atoms with Crippen molar-refractivity contribution < 1.29 is 27.4 Å². The maximum atomic E-state index is 14.6. The van der Waals surface area contributed by atoms with E-state index in [2.05, 4.69) is 15.3 Å². The summed E-state index contributed by atoms with van der Waals surface area (Å²) in [4.78, 5) is 21.1. The molecule has 36 heavy (non-hydrogen) atoms. The summed E-state index contributed by atoms with van der Waals surface area (Å²) in [5, 5.41) is 2.73. The number of aromatic nitrogens is 2. The van der Waals surface area contributed by atoms with Crippen LogP contribution in [0, 0.1) is 23.4 Å². The van der Waals surface area contributed by atoms with Gasteiger partial charge in [0.1, 0.15) is 34.6 Å². The minimum absolute atomic E-state index is 0.0262. The fourth-order valence-electron chi connectivity index (χ4n) is 4.58. The number of carbonyl (C=O) groups excluding carboxylic acids is 1. The lowest BCUT2D eigenvalue weighted by Gasteiger charge is -2.35. The molecular weight excluding hydrogens is 473 g/mol. The number of hydrogen-bond acceptors (Lipinski definition) is 6. The number of nitrogens with zero attached hydrogens (tertiary/aromatic N) is 2. The Morgan fingerprint density at radius 3 is 2.56 bits per heavy atom. The van der Waals surface area contributed by atoms with E-state index in [1.807, 2.05) is 0 Å². The van der Waals surface area contributed by atoms with Crippen LogP contribution in [0.15, 0.2) is 42.7 Å². The number of methoxy groups -OCH3 is 1. The highest BCUT2D eigenvalue weighted by Crippen LogP contribution is 2.43. The molecule has 0 spiro atoms. The summed E-state index contributed by atoms with van der Waals surface area (Å²) in [6.45, 7) is 0. The van der Waals surface area contributed by atoms with Crippen LogP contribution in [0.25, 0.3) is 11.3 Å². The van der Waals surface area contributed by atoms with Crippen LogP contribution in [0.4, 0.5) is 18.9 Å². The SMILES string of the molecule is COc1cc(F)c(-c2nc(C(=O)Nc3cnccc3C3CC(N)CC(C4CC4)O3)ccc2F)c(F)c1. The molecule has 1 aliphatic carbocycles. The molecule has 2 fully saturated rings. The number of anilines is 1. The highest BCUT2D eigenvalue weighted by molar-refractivity contribution is 6.03. The summed E-state index contributed by atoms with van der Waals surface area (Å²) in [5.41, 5.74) is 5.86. The minimum atomic E-state index is -1.07. The van der Waals surface area contributed by atoms with E-state index in [-0.39, 0.29) is 29.7 Å². The molecule has 10 heteroatoms. The summed E-state index contributed by atoms with van der Waals surface area (Å²) in [7, 11) is 1.25. The van der Waals surface area contributed by atoms with Crippen molar-refractivity contribution in [1.29, 1.82) is 0 Å². The average molecular weight is 499 g/mol. The predicted molar refractivity (Wildman–Crippen MR) is 126 cm³/mol. The highest BCUT2D eigenvalue weighted by Gasteiger charge is 2.39. The first-order valence-electron chi connectivity index (χ1n) is 11.7. The van der Waals surface area contributed by atoms with Crippen molar-refractivity contribution in [3.05, 3.63) is 71.4 Å². The normalized spacial score (nSPS) is 21.8. The second kappa shape index (κ2) is 9.87. The Labute approximate surface area is 205 Å². The van der Waals surface area contributed by atoms with E-state index in [1.54, 1.807) is 12.3 Å². The molecule has 1 amide bonds. The fraction of sp³-hybridized carbons (Fsp3) is 0.346. The van der Waals surface area contributed by atoms with Gasteiger partial charge in [0.05, 0.1) is 36.8 Å². The van der Waals surface area contributed by atoms with Crippen LogP contribution in [-0.2, 0) is 4.74 Å². The smallest absolute Gasteiger partial charge is 0.274 e. The van der Waals surface area contributed by atoms with Gasteiger partial charge in [-0.3, -0.25) is 9.78 Å². The largest absolute Gasteiger partial charge is 0.497 e. The molecule has 1 saturated carbocycles. The van der Waals surface area contributed by atoms with E-state index >= 15 is 0 Å². The van der Waals surface area contributed by atoms with Gasteiger partial charge >= 0.3 is 0 Å². The third kappa shape index (κ3) is 4.91. The first kappa shape index (κ1) is 24.2. The first-order chi connectivity index (χ1) is 17.3. The number of halogens is 3. The van der Waals surface area contributed by atoms with Crippen molar-refractivity contribution in [2.75, 3.05) is 12.4 Å². The van der Waals surface area contributed by atoms with Crippen molar-refractivity contribution in [2.45, 2.75) is 43.9 Å². The average Bonchev–Trinajstić information content (AvgIpc) is 3.70. The van der Waals surface area contributed by atoms with Gasteiger partial charge in [0, 0.05) is 29.9 Å². The summed E-state index contributed by atoms with van der Waals surface area (Å²) in [6, 6.07) is 5.64. The molecule has 5 rings (SSSR count). The lowest BCUT2D eigenvalue weighted by atomic mass is 9.92. The molecule has 2 aliphatic rings. The number of rotatable bonds is 6. The van der Waals surface area contributed by atoms with Crippen LogP contribution in [0.2, 0.25) is 0 Å². The molecule has 2 aromatic heterocycles. The van der Waals surface area contributed by atoms with Gasteiger partial charge in [-0.25, -0.2) is 18.2 Å². The third-order valence-electron chi connectivity index (χ3n) is 6.56. The number of pyridine rings is 2. The monoisotopic (exact) mass is 498 g/mol. The molecule has 0 bridgehead atoms. The van der Waals surface area contributed by atoms with Crippen molar-refractivity contribution in [3.8, 4) is 17.0 Å². The summed E-state index contributed by atoms with van der Waals surface area (Å²) in [5.74, 6) is -3.37. The Balaban J connectivity index is 1.42. The maximum Gasteiger partial charge on any atom is 0.274 e. The van der Waals surface area contributed by atoms with E-state index < -0.39 is 34.6 Å². The summed E-state index contributed by atoms with van der Waals surface area (Å²) < 4.78 is 54.8. The number of ether oxygens (including phenoxy) is 2. The van der Waals surface area contributed by atoms with Gasteiger partial charge < -0.3 is 20.5 Å². The van der Waals surface area contributed by atoms with E-state index in [1.165, 1.54) is 13.3 Å². The van der Waals surface area contributed by atoms with Crippen LogP contribution in [-0.4, -0.2) is 35.1 Å². The molecule has 188 valence electrons. The van der Waals surface area contributed by atoms with Gasteiger partial charge in [-0.2, -0.15) is 0 Å². The van der Waals surface area contributed by atoms with Crippen LogP contribution in [0.3, 0.4) is 0 Å². The molecule has 0 radical (unpaired) electrons. The molecule has 3 aromatic rings. The molecule has 1 aromatic carbocycles. The highest BCUT2D eigenvalue weighted by atomic mass is 19.1. The molecule has 1 aliphatic heterocycles. The summed E-state index contributed by atoms with van der Waals surface area (Å²) in [6.07, 6.45) is 6.47. The Morgan fingerprint density at radius 1 is 1.11 bits per heavy atom. The molecular formula is C26H25F3N4O3. The molecule has 3 atom stereocenters. The van der Waals surface area contributed by atoms with Gasteiger partial charge in [0.25, 0.3) is 5.91 Å². The lowest BCUT2D eigenvalue weighted by Crippen LogP contribution is -2.37. The number of nitrogens with one attached hydrogen (secondary N) is 1. The van der Waals surface area contributed by atoms with Crippen LogP contribution >= 0.6 is 0 Å². The Morgan fingerprint density at radius 2 is 1.86 bits per heavy atom. The zero-order chi connectivity index (χ0) is 25.4. The molecule has 7 nitrogen and oxygen atoms in total. The van der Waals surface area contributed by atoms with Gasteiger partial charge in [0.2, 0.25) is 0 Å². The molecule has 3 N–H and O–H groups in total. The number of benzene rings is 1. The van der Waals surface area contributed by atoms with Crippen molar-refractivity contribution >= 4 is 11.6 Å². The fourth-order valence-corrected chi connectivity index (χ4v) is 4.58. The Hall–Kier alpha value is -3.50. The zero-order valence-corrected chi connectivity index (χ0v) is 19.5. The Bertz CT molecular complexity index is 1280. The van der Waals surface area contributed by atoms with Crippen LogP contribution in [0.1, 0.15) is 47.8 Å². The third-order valence-corrected chi connectivity index (χ3v) is 6.56. The van der Waals surface area contributed by atoms with Crippen molar-refractivity contribution in [2.24, 2.45) is 11.7 Å². The quantitative estimate of drug-likeness (QED) is 0.508. The number of nitrogens with two attached hydrogens (primary N) is 1. The Kier molecular flexibility index (Phi) is 6.63. The van der Waals surface area contributed by atoms with Crippen LogP contribution in [0.5, 0.6) is 5.75 Å². The number of hydrogen-bond donors (Lipinski definition) is 2. The van der Waals surface area contributed by atoms with E-state index in [0.29, 0.717) is 23.6 Å². The number of carbonyl (C=O) groups is 1. The molecule has 3 heterocycles. The number of amides is 1. The van der Waals surface area contributed by atoms with Gasteiger partial charge in [-0.1, -0.05) is 0 Å². The van der Waals surface area contributed by atoms with E-state index in [9.17, 15) is 18.0 Å². The predicted octanol–water partition coefficient (Wildman–Crippen LogP) is 4.78.